The van der Waals surface area contributed by atoms with Crippen LogP contribution in [0, 0.1) is 5.41 Å². The summed E-state index contributed by atoms with van der Waals surface area (Å²) in [5.41, 5.74) is 4.06. The topological polar surface area (TPSA) is 49.3 Å². The standard InChI is InChI=1S/C25H28N4O/c1-28-17-21(19-5-3-2-4-6-19)16-25(18-28)9-13-29(14-10-25)24(30)20-7-8-22-23(15-20)27-12-11-26-22/h2-8,11-12,15,21H,9-10,13-14,16-18H2,1H3/t21-/m0/s1. The Hall–Kier alpha value is -2.79. The maximum absolute atomic E-state index is 13.1. The van der Waals surface area contributed by atoms with E-state index in [1.54, 1.807) is 12.4 Å². The fraction of sp³-hybridized carbons (Fsp3) is 0.400. The van der Waals surface area contributed by atoms with Crippen LogP contribution < -0.4 is 0 Å². The van der Waals surface area contributed by atoms with E-state index >= 15 is 0 Å². The lowest BCUT2D eigenvalue weighted by molar-refractivity contribution is 0.0224. The highest BCUT2D eigenvalue weighted by atomic mass is 16.2. The summed E-state index contributed by atoms with van der Waals surface area (Å²) >= 11 is 0. The van der Waals surface area contributed by atoms with Crippen molar-refractivity contribution in [3.05, 3.63) is 72.1 Å². The number of aromatic nitrogens is 2. The van der Waals surface area contributed by atoms with Gasteiger partial charge in [-0.3, -0.25) is 14.8 Å². The molecule has 0 bridgehead atoms. The molecule has 2 aromatic carbocycles. The predicted octanol–water partition coefficient (Wildman–Crippen LogP) is 3.97. The van der Waals surface area contributed by atoms with E-state index < -0.39 is 0 Å². The van der Waals surface area contributed by atoms with E-state index in [0.717, 1.165) is 50.1 Å². The minimum Gasteiger partial charge on any atom is -0.339 e. The van der Waals surface area contributed by atoms with Gasteiger partial charge in [-0.1, -0.05) is 30.3 Å². The molecular formula is C25H28N4O. The second-order valence-corrected chi connectivity index (χ2v) is 9.06. The molecule has 1 atom stereocenters. The van der Waals surface area contributed by atoms with Gasteiger partial charge >= 0.3 is 0 Å². The van der Waals surface area contributed by atoms with Gasteiger partial charge in [-0.25, -0.2) is 0 Å². The van der Waals surface area contributed by atoms with Crippen LogP contribution in [0.2, 0.25) is 0 Å². The van der Waals surface area contributed by atoms with Crippen molar-refractivity contribution in [3.8, 4) is 0 Å². The maximum Gasteiger partial charge on any atom is 0.253 e. The molecule has 0 aliphatic carbocycles. The zero-order valence-corrected chi connectivity index (χ0v) is 17.5. The second kappa shape index (κ2) is 7.80. The van der Waals surface area contributed by atoms with E-state index in [4.69, 9.17) is 0 Å². The zero-order chi connectivity index (χ0) is 20.6. The van der Waals surface area contributed by atoms with Crippen molar-refractivity contribution < 1.29 is 4.79 Å². The van der Waals surface area contributed by atoms with Crippen LogP contribution in [0.3, 0.4) is 0 Å². The molecule has 0 unspecified atom stereocenters. The highest BCUT2D eigenvalue weighted by Gasteiger charge is 2.42. The quantitative estimate of drug-likeness (QED) is 0.653. The van der Waals surface area contributed by atoms with Crippen LogP contribution in [-0.2, 0) is 0 Å². The Morgan fingerprint density at radius 3 is 2.50 bits per heavy atom. The third-order valence-electron chi connectivity index (χ3n) is 6.92. The second-order valence-electron chi connectivity index (χ2n) is 9.06. The van der Waals surface area contributed by atoms with Gasteiger partial charge in [-0.2, -0.15) is 0 Å². The first-order valence-corrected chi connectivity index (χ1v) is 10.9. The molecule has 1 aromatic heterocycles. The van der Waals surface area contributed by atoms with E-state index in [-0.39, 0.29) is 5.91 Å². The number of likely N-dealkylation sites (N-methyl/N-ethyl adjacent to an activating group) is 1. The first kappa shape index (κ1) is 19.2. The number of carbonyl (C=O) groups is 1. The minimum atomic E-state index is 0.112. The molecule has 3 heterocycles. The molecule has 2 aliphatic rings. The zero-order valence-electron chi connectivity index (χ0n) is 17.5. The molecule has 5 nitrogen and oxygen atoms in total. The number of benzene rings is 2. The van der Waals surface area contributed by atoms with Crippen molar-refractivity contribution in [1.82, 2.24) is 19.8 Å². The summed E-state index contributed by atoms with van der Waals surface area (Å²) in [5, 5.41) is 0. The van der Waals surface area contributed by atoms with Crippen LogP contribution in [-0.4, -0.2) is 58.9 Å². The van der Waals surface area contributed by atoms with Gasteiger partial charge in [0.05, 0.1) is 11.0 Å². The van der Waals surface area contributed by atoms with Gasteiger partial charge in [0, 0.05) is 44.1 Å². The fourth-order valence-electron chi connectivity index (χ4n) is 5.44. The van der Waals surface area contributed by atoms with Crippen LogP contribution in [0.15, 0.2) is 60.9 Å². The lowest BCUT2D eigenvalue weighted by atomic mass is 9.68. The number of rotatable bonds is 2. The first-order valence-electron chi connectivity index (χ1n) is 10.9. The molecule has 1 amide bonds. The Balaban J connectivity index is 1.29. The average Bonchev–Trinajstić information content (AvgIpc) is 2.79. The lowest BCUT2D eigenvalue weighted by Crippen LogP contribution is -2.51. The van der Waals surface area contributed by atoms with Crippen LogP contribution in [0.4, 0.5) is 0 Å². The molecule has 3 aromatic rings. The summed E-state index contributed by atoms with van der Waals surface area (Å²) in [6, 6.07) is 16.5. The van der Waals surface area contributed by atoms with Crippen molar-refractivity contribution in [3.63, 3.8) is 0 Å². The van der Waals surface area contributed by atoms with Crippen molar-refractivity contribution >= 4 is 16.9 Å². The van der Waals surface area contributed by atoms with E-state index in [1.807, 2.05) is 23.1 Å². The predicted molar refractivity (Wildman–Crippen MR) is 118 cm³/mol. The Bertz CT molecular complexity index is 1040. The normalized spacial score (nSPS) is 21.8. The summed E-state index contributed by atoms with van der Waals surface area (Å²) in [6.45, 7) is 3.90. The number of hydrogen-bond acceptors (Lipinski definition) is 4. The van der Waals surface area contributed by atoms with Gasteiger partial charge in [0.1, 0.15) is 0 Å². The van der Waals surface area contributed by atoms with Crippen molar-refractivity contribution in [2.24, 2.45) is 5.41 Å². The Labute approximate surface area is 177 Å². The molecule has 2 fully saturated rings. The number of likely N-dealkylation sites (tertiary alicyclic amines) is 2. The first-order chi connectivity index (χ1) is 14.6. The third kappa shape index (κ3) is 3.70. The number of carbonyl (C=O) groups excluding carboxylic acids is 1. The summed E-state index contributed by atoms with van der Waals surface area (Å²) in [5.74, 6) is 0.687. The minimum absolute atomic E-state index is 0.112. The molecule has 5 rings (SSSR count). The van der Waals surface area contributed by atoms with E-state index in [2.05, 4.69) is 52.2 Å². The van der Waals surface area contributed by atoms with Gasteiger partial charge in [0.25, 0.3) is 5.91 Å². The van der Waals surface area contributed by atoms with E-state index in [1.165, 1.54) is 12.0 Å². The molecule has 0 radical (unpaired) electrons. The third-order valence-corrected chi connectivity index (χ3v) is 6.92. The molecule has 154 valence electrons. The van der Waals surface area contributed by atoms with Gasteiger partial charge in [0.15, 0.2) is 0 Å². The number of fused-ring (bicyclic) bond motifs is 1. The lowest BCUT2D eigenvalue weighted by Gasteiger charge is -2.49. The smallest absolute Gasteiger partial charge is 0.253 e. The number of amides is 1. The van der Waals surface area contributed by atoms with Gasteiger partial charge in [0.2, 0.25) is 0 Å². The van der Waals surface area contributed by atoms with Crippen LogP contribution in [0.5, 0.6) is 0 Å². The van der Waals surface area contributed by atoms with Crippen LogP contribution in [0.1, 0.15) is 41.1 Å². The maximum atomic E-state index is 13.1. The molecule has 5 heteroatoms. The average molecular weight is 401 g/mol. The van der Waals surface area contributed by atoms with Gasteiger partial charge in [-0.05, 0) is 61.4 Å². The van der Waals surface area contributed by atoms with E-state index in [9.17, 15) is 4.79 Å². The number of hydrogen-bond donors (Lipinski definition) is 0. The molecule has 30 heavy (non-hydrogen) atoms. The van der Waals surface area contributed by atoms with Gasteiger partial charge in [-0.15, -0.1) is 0 Å². The van der Waals surface area contributed by atoms with Gasteiger partial charge < -0.3 is 9.80 Å². The van der Waals surface area contributed by atoms with Crippen LogP contribution >= 0.6 is 0 Å². The Morgan fingerprint density at radius 1 is 1.00 bits per heavy atom. The van der Waals surface area contributed by atoms with Crippen molar-refractivity contribution in [1.29, 1.82) is 0 Å². The molecule has 0 N–H and O–H groups in total. The molecule has 0 saturated carbocycles. The Morgan fingerprint density at radius 2 is 1.73 bits per heavy atom. The number of piperidine rings is 2. The van der Waals surface area contributed by atoms with Crippen molar-refractivity contribution in [2.75, 3.05) is 33.2 Å². The Kier molecular flexibility index (Phi) is 4.99. The highest BCUT2D eigenvalue weighted by molar-refractivity contribution is 5.97. The van der Waals surface area contributed by atoms with Crippen LogP contribution in [0.25, 0.3) is 11.0 Å². The van der Waals surface area contributed by atoms with Crippen molar-refractivity contribution in [2.45, 2.75) is 25.2 Å². The monoisotopic (exact) mass is 400 g/mol. The SMILES string of the molecule is CN1C[C@@H](c2ccccc2)CC2(CCN(C(=O)c3ccc4nccnc4c3)CC2)C1. The fourth-order valence-corrected chi connectivity index (χ4v) is 5.44. The number of nitrogens with zero attached hydrogens (tertiary/aromatic N) is 4. The molecule has 2 saturated heterocycles. The molecular weight excluding hydrogens is 372 g/mol. The summed E-state index contributed by atoms with van der Waals surface area (Å²) in [4.78, 5) is 26.3. The molecule has 2 aliphatic heterocycles. The molecule has 1 spiro atoms. The highest BCUT2D eigenvalue weighted by Crippen LogP contribution is 2.44. The van der Waals surface area contributed by atoms with E-state index in [0.29, 0.717) is 16.9 Å². The summed E-state index contributed by atoms with van der Waals surface area (Å²) in [7, 11) is 2.24. The summed E-state index contributed by atoms with van der Waals surface area (Å²) < 4.78 is 0. The summed E-state index contributed by atoms with van der Waals surface area (Å²) in [6.07, 6.45) is 6.70. The largest absolute Gasteiger partial charge is 0.339 e.